The molecule has 0 unspecified atom stereocenters. The standard InChI is InChI=1S/C22H26NO4/c1-26-21(24)20(22(25)27-2)18(16-9-4-3-5-10-16)15-23-14-8-12-17-11-6-7-13-19(17)23/h6-8,11-14,16H,3-5,9-10,15H2,1-2H3/q+1. The molecule has 1 aromatic carbocycles. The van der Waals surface area contributed by atoms with Gasteiger partial charge in [0.15, 0.2) is 18.3 Å². The van der Waals surface area contributed by atoms with Crippen LogP contribution in [-0.2, 0) is 25.6 Å². The Labute approximate surface area is 159 Å². The van der Waals surface area contributed by atoms with Crippen LogP contribution >= 0.6 is 0 Å². The second-order valence-electron chi connectivity index (χ2n) is 6.91. The number of carbonyl (C=O) groups excluding carboxylic acids is 2. The number of para-hydroxylation sites is 1. The first kappa shape index (κ1) is 19.1. The third-order valence-electron chi connectivity index (χ3n) is 5.33. The van der Waals surface area contributed by atoms with Crippen molar-refractivity contribution in [2.24, 2.45) is 5.92 Å². The first-order valence-corrected chi connectivity index (χ1v) is 9.42. The molecule has 0 aliphatic heterocycles. The van der Waals surface area contributed by atoms with Gasteiger partial charge in [-0.3, -0.25) is 0 Å². The number of rotatable bonds is 5. The zero-order valence-corrected chi connectivity index (χ0v) is 15.9. The Morgan fingerprint density at radius 2 is 1.59 bits per heavy atom. The van der Waals surface area contributed by atoms with E-state index in [9.17, 15) is 9.59 Å². The summed E-state index contributed by atoms with van der Waals surface area (Å²) < 4.78 is 11.9. The smallest absolute Gasteiger partial charge is 0.345 e. The highest BCUT2D eigenvalue weighted by Crippen LogP contribution is 2.32. The summed E-state index contributed by atoms with van der Waals surface area (Å²) in [7, 11) is 2.60. The molecule has 1 heterocycles. The zero-order valence-electron chi connectivity index (χ0n) is 15.9. The van der Waals surface area contributed by atoms with Gasteiger partial charge in [-0.1, -0.05) is 31.4 Å². The zero-order chi connectivity index (χ0) is 19.2. The molecule has 142 valence electrons. The van der Waals surface area contributed by atoms with Crippen molar-refractivity contribution in [3.63, 3.8) is 0 Å². The van der Waals surface area contributed by atoms with Gasteiger partial charge < -0.3 is 9.47 Å². The Bertz CT molecular complexity index is 842. The van der Waals surface area contributed by atoms with E-state index in [1.807, 2.05) is 30.5 Å². The number of nitrogens with zero attached hydrogens (tertiary/aromatic N) is 1. The summed E-state index contributed by atoms with van der Waals surface area (Å²) in [6.45, 7) is 0.464. The Balaban J connectivity index is 2.12. The lowest BCUT2D eigenvalue weighted by molar-refractivity contribution is -0.663. The minimum Gasteiger partial charge on any atom is -0.465 e. The number of benzene rings is 1. The lowest BCUT2D eigenvalue weighted by Crippen LogP contribution is -2.38. The molecule has 5 nitrogen and oxygen atoms in total. The quantitative estimate of drug-likeness (QED) is 0.267. The number of hydrogen-bond acceptors (Lipinski definition) is 4. The van der Waals surface area contributed by atoms with E-state index in [4.69, 9.17) is 9.47 Å². The number of fused-ring (bicyclic) bond motifs is 1. The number of methoxy groups -OCH3 is 2. The molecule has 0 saturated heterocycles. The summed E-state index contributed by atoms with van der Waals surface area (Å²) in [5.74, 6) is -1.06. The number of pyridine rings is 1. The van der Waals surface area contributed by atoms with Crippen molar-refractivity contribution >= 4 is 22.8 Å². The van der Waals surface area contributed by atoms with Crippen molar-refractivity contribution in [3.05, 3.63) is 53.7 Å². The Morgan fingerprint density at radius 3 is 2.26 bits per heavy atom. The molecular weight excluding hydrogens is 342 g/mol. The molecule has 2 aromatic rings. The molecule has 0 bridgehead atoms. The summed E-state index contributed by atoms with van der Waals surface area (Å²) in [6, 6.07) is 12.1. The lowest BCUT2D eigenvalue weighted by atomic mass is 9.81. The summed E-state index contributed by atoms with van der Waals surface area (Å²) in [4.78, 5) is 24.9. The number of allylic oxidation sites excluding steroid dienone is 1. The van der Waals surface area contributed by atoms with Gasteiger partial charge in [-0.15, -0.1) is 0 Å². The molecule has 3 rings (SSSR count). The molecule has 1 aliphatic carbocycles. The van der Waals surface area contributed by atoms with E-state index in [1.165, 1.54) is 20.6 Å². The predicted octanol–water partition coefficient (Wildman–Crippen LogP) is 3.35. The molecule has 1 saturated carbocycles. The van der Waals surface area contributed by atoms with Crippen molar-refractivity contribution in [2.75, 3.05) is 14.2 Å². The van der Waals surface area contributed by atoms with Crippen molar-refractivity contribution in [2.45, 2.75) is 38.6 Å². The van der Waals surface area contributed by atoms with Crippen LogP contribution in [0.3, 0.4) is 0 Å². The molecule has 5 heteroatoms. The van der Waals surface area contributed by atoms with E-state index in [0.29, 0.717) is 6.54 Å². The van der Waals surface area contributed by atoms with Crippen LogP contribution in [0, 0.1) is 5.92 Å². The van der Waals surface area contributed by atoms with E-state index in [1.54, 1.807) is 0 Å². The van der Waals surface area contributed by atoms with Gasteiger partial charge >= 0.3 is 11.9 Å². The molecular formula is C22H26NO4+. The maximum absolute atomic E-state index is 12.5. The van der Waals surface area contributed by atoms with Crippen LogP contribution in [0.5, 0.6) is 0 Å². The molecule has 0 spiro atoms. The van der Waals surface area contributed by atoms with Gasteiger partial charge in [0.05, 0.1) is 14.2 Å². The Morgan fingerprint density at radius 1 is 0.963 bits per heavy atom. The van der Waals surface area contributed by atoms with Gasteiger partial charge in [0, 0.05) is 23.1 Å². The predicted molar refractivity (Wildman–Crippen MR) is 102 cm³/mol. The highest BCUT2D eigenvalue weighted by atomic mass is 16.5. The van der Waals surface area contributed by atoms with E-state index >= 15 is 0 Å². The number of esters is 2. The van der Waals surface area contributed by atoms with Crippen LogP contribution < -0.4 is 4.57 Å². The van der Waals surface area contributed by atoms with Crippen LogP contribution in [0.15, 0.2) is 53.7 Å². The summed E-state index contributed by atoms with van der Waals surface area (Å²) in [6.07, 6.45) is 7.32. The second-order valence-corrected chi connectivity index (χ2v) is 6.91. The lowest BCUT2D eigenvalue weighted by Gasteiger charge is -2.24. The van der Waals surface area contributed by atoms with Crippen molar-refractivity contribution in [1.29, 1.82) is 0 Å². The number of hydrogen-bond donors (Lipinski definition) is 0. The van der Waals surface area contributed by atoms with Gasteiger partial charge in [0.2, 0.25) is 5.52 Å². The minimum atomic E-state index is -0.622. The molecule has 27 heavy (non-hydrogen) atoms. The Kier molecular flexibility index (Phi) is 6.22. The Hall–Kier alpha value is -2.69. The fourth-order valence-electron chi connectivity index (χ4n) is 3.96. The topological polar surface area (TPSA) is 56.5 Å². The maximum Gasteiger partial charge on any atom is 0.345 e. The third kappa shape index (κ3) is 4.18. The van der Waals surface area contributed by atoms with E-state index in [0.717, 1.165) is 42.2 Å². The molecule has 0 N–H and O–H groups in total. The number of carbonyl (C=O) groups is 2. The summed E-state index contributed by atoms with van der Waals surface area (Å²) in [5.41, 5.74) is 1.92. The molecule has 0 amide bonds. The van der Waals surface area contributed by atoms with Crippen molar-refractivity contribution in [1.82, 2.24) is 0 Å². The van der Waals surface area contributed by atoms with Gasteiger partial charge in [-0.05, 0) is 30.9 Å². The SMILES string of the molecule is COC(=O)C(C(=O)OC)=C(C[n+]1cccc2ccccc21)C1CCCCC1. The van der Waals surface area contributed by atoms with Gasteiger partial charge in [-0.25, -0.2) is 9.59 Å². The maximum atomic E-state index is 12.5. The monoisotopic (exact) mass is 368 g/mol. The second kappa shape index (κ2) is 8.80. The molecule has 1 aliphatic rings. The average molecular weight is 368 g/mol. The van der Waals surface area contributed by atoms with Gasteiger partial charge in [-0.2, -0.15) is 4.57 Å². The van der Waals surface area contributed by atoms with Crippen LogP contribution in [0.4, 0.5) is 0 Å². The van der Waals surface area contributed by atoms with Crippen LogP contribution in [-0.4, -0.2) is 26.2 Å². The highest BCUT2D eigenvalue weighted by molar-refractivity contribution is 6.14. The van der Waals surface area contributed by atoms with Crippen molar-refractivity contribution < 1.29 is 23.6 Å². The number of ether oxygens (including phenoxy) is 2. The molecule has 1 aromatic heterocycles. The molecule has 1 fully saturated rings. The first-order chi connectivity index (χ1) is 13.2. The summed E-state index contributed by atoms with van der Waals surface area (Å²) in [5, 5.41) is 1.11. The van der Waals surface area contributed by atoms with Crippen LogP contribution in [0.25, 0.3) is 10.9 Å². The van der Waals surface area contributed by atoms with Gasteiger partial charge in [0.1, 0.15) is 0 Å². The third-order valence-corrected chi connectivity index (χ3v) is 5.33. The molecule has 0 radical (unpaired) electrons. The molecule has 0 atom stereocenters. The van der Waals surface area contributed by atoms with E-state index < -0.39 is 11.9 Å². The van der Waals surface area contributed by atoms with E-state index in [2.05, 4.69) is 16.7 Å². The first-order valence-electron chi connectivity index (χ1n) is 9.42. The largest absolute Gasteiger partial charge is 0.465 e. The summed E-state index contributed by atoms with van der Waals surface area (Å²) >= 11 is 0. The van der Waals surface area contributed by atoms with Crippen LogP contribution in [0.2, 0.25) is 0 Å². The fourth-order valence-corrected chi connectivity index (χ4v) is 3.96. The normalized spacial score (nSPS) is 14.6. The highest BCUT2D eigenvalue weighted by Gasteiger charge is 2.32. The number of aromatic nitrogens is 1. The average Bonchev–Trinajstić information content (AvgIpc) is 2.73. The van der Waals surface area contributed by atoms with Crippen LogP contribution in [0.1, 0.15) is 32.1 Å². The fraction of sp³-hybridized carbons (Fsp3) is 0.409. The van der Waals surface area contributed by atoms with Gasteiger partial charge in [0.25, 0.3) is 0 Å². The van der Waals surface area contributed by atoms with E-state index in [-0.39, 0.29) is 11.5 Å². The van der Waals surface area contributed by atoms with Crippen molar-refractivity contribution in [3.8, 4) is 0 Å². The minimum absolute atomic E-state index is 0.0485.